The molecule has 104 valence electrons. The topological polar surface area (TPSA) is 47.6 Å². The van der Waals surface area contributed by atoms with Crippen LogP contribution in [0.3, 0.4) is 0 Å². The molecule has 1 fully saturated rings. The van der Waals surface area contributed by atoms with Gasteiger partial charge in [0, 0.05) is 6.61 Å². The average Bonchev–Trinajstić information content (AvgIpc) is 2.99. The second-order valence-corrected chi connectivity index (χ2v) is 4.74. The second kappa shape index (κ2) is 6.57. The van der Waals surface area contributed by atoms with E-state index in [2.05, 4.69) is 12.2 Å². The maximum absolute atomic E-state index is 12.1. The molecule has 0 bridgehead atoms. The van der Waals surface area contributed by atoms with Crippen LogP contribution in [-0.2, 0) is 9.53 Å². The Bertz CT molecular complexity index is 410. The standard InChI is InChI=1S/C15H21NO3/c1-3-13(11-6-8-12(18-2)9-7-11)16-15(17)14-5-4-10-19-14/h6-9,13-14H,3-5,10H2,1-2H3,(H,16,17). The number of ether oxygens (including phenoxy) is 2. The van der Waals surface area contributed by atoms with Crippen LogP contribution >= 0.6 is 0 Å². The van der Waals surface area contributed by atoms with Gasteiger partial charge in [0.2, 0.25) is 5.91 Å². The Morgan fingerprint density at radius 1 is 1.47 bits per heavy atom. The largest absolute Gasteiger partial charge is 0.497 e. The molecule has 1 N–H and O–H groups in total. The number of hydrogen-bond donors (Lipinski definition) is 1. The third-order valence-electron chi connectivity index (χ3n) is 3.47. The molecular formula is C15H21NO3. The van der Waals surface area contributed by atoms with E-state index in [1.54, 1.807) is 7.11 Å². The molecule has 0 aromatic heterocycles. The Morgan fingerprint density at radius 3 is 2.74 bits per heavy atom. The van der Waals surface area contributed by atoms with Gasteiger partial charge >= 0.3 is 0 Å². The van der Waals surface area contributed by atoms with Crippen LogP contribution in [0.1, 0.15) is 37.8 Å². The number of amides is 1. The molecule has 19 heavy (non-hydrogen) atoms. The van der Waals surface area contributed by atoms with Crippen molar-refractivity contribution in [2.75, 3.05) is 13.7 Å². The quantitative estimate of drug-likeness (QED) is 0.887. The van der Waals surface area contributed by atoms with E-state index in [9.17, 15) is 4.79 Å². The van der Waals surface area contributed by atoms with Gasteiger partial charge in [-0.2, -0.15) is 0 Å². The van der Waals surface area contributed by atoms with Crippen LogP contribution in [0, 0.1) is 0 Å². The lowest BCUT2D eigenvalue weighted by atomic mass is 10.0. The summed E-state index contributed by atoms with van der Waals surface area (Å²) in [5.41, 5.74) is 1.09. The van der Waals surface area contributed by atoms with Crippen molar-refractivity contribution in [1.82, 2.24) is 5.32 Å². The Labute approximate surface area is 114 Å². The summed E-state index contributed by atoms with van der Waals surface area (Å²) in [6.45, 7) is 2.75. The van der Waals surface area contributed by atoms with Gasteiger partial charge in [-0.25, -0.2) is 0 Å². The van der Waals surface area contributed by atoms with Crippen molar-refractivity contribution in [1.29, 1.82) is 0 Å². The molecule has 0 radical (unpaired) electrons. The molecule has 1 aliphatic rings. The fraction of sp³-hybridized carbons (Fsp3) is 0.533. The van der Waals surface area contributed by atoms with Crippen molar-refractivity contribution < 1.29 is 14.3 Å². The van der Waals surface area contributed by atoms with Crippen LogP contribution < -0.4 is 10.1 Å². The molecule has 4 heteroatoms. The van der Waals surface area contributed by atoms with Gasteiger partial charge in [-0.1, -0.05) is 19.1 Å². The van der Waals surface area contributed by atoms with E-state index in [-0.39, 0.29) is 18.1 Å². The fourth-order valence-electron chi connectivity index (χ4n) is 2.31. The molecule has 4 nitrogen and oxygen atoms in total. The summed E-state index contributed by atoms with van der Waals surface area (Å²) in [4.78, 5) is 12.1. The first-order valence-corrected chi connectivity index (χ1v) is 6.80. The smallest absolute Gasteiger partial charge is 0.249 e. The molecule has 0 aliphatic carbocycles. The lowest BCUT2D eigenvalue weighted by molar-refractivity contribution is -0.130. The first-order chi connectivity index (χ1) is 9.24. The van der Waals surface area contributed by atoms with Gasteiger partial charge in [0.25, 0.3) is 0 Å². The number of nitrogens with one attached hydrogen (secondary N) is 1. The summed E-state index contributed by atoms with van der Waals surface area (Å²) in [5.74, 6) is 0.823. The minimum atomic E-state index is -0.271. The monoisotopic (exact) mass is 263 g/mol. The number of hydrogen-bond acceptors (Lipinski definition) is 3. The van der Waals surface area contributed by atoms with Crippen molar-refractivity contribution in [2.24, 2.45) is 0 Å². The minimum Gasteiger partial charge on any atom is -0.497 e. The zero-order chi connectivity index (χ0) is 13.7. The lowest BCUT2D eigenvalue weighted by Crippen LogP contribution is -2.36. The summed E-state index contributed by atoms with van der Waals surface area (Å²) >= 11 is 0. The molecular weight excluding hydrogens is 242 g/mol. The molecule has 1 saturated heterocycles. The van der Waals surface area contributed by atoms with Crippen LogP contribution in [0.5, 0.6) is 5.75 Å². The summed E-state index contributed by atoms with van der Waals surface area (Å²) < 4.78 is 10.5. The molecule has 1 aromatic carbocycles. The van der Waals surface area contributed by atoms with Crippen LogP contribution in [0.15, 0.2) is 24.3 Å². The number of methoxy groups -OCH3 is 1. The van der Waals surface area contributed by atoms with Gasteiger partial charge in [-0.3, -0.25) is 4.79 Å². The Kier molecular flexibility index (Phi) is 4.80. The second-order valence-electron chi connectivity index (χ2n) is 4.74. The number of carbonyl (C=O) groups excluding carboxylic acids is 1. The van der Waals surface area contributed by atoms with Gasteiger partial charge in [0.05, 0.1) is 13.2 Å². The normalized spacial score (nSPS) is 20.0. The Balaban J connectivity index is 2.00. The molecule has 2 rings (SSSR count). The van der Waals surface area contributed by atoms with E-state index in [4.69, 9.17) is 9.47 Å². The minimum absolute atomic E-state index is 0.000156. The predicted molar refractivity (Wildman–Crippen MR) is 73.1 cm³/mol. The number of rotatable bonds is 5. The van der Waals surface area contributed by atoms with Gasteiger partial charge in [0.15, 0.2) is 0 Å². The number of carbonyl (C=O) groups is 1. The summed E-state index contributed by atoms with van der Waals surface area (Å²) in [5, 5.41) is 3.06. The SMILES string of the molecule is CCC(NC(=O)C1CCCO1)c1ccc(OC)cc1. The highest BCUT2D eigenvalue weighted by Crippen LogP contribution is 2.21. The van der Waals surface area contributed by atoms with Crippen molar-refractivity contribution in [3.63, 3.8) is 0 Å². The third kappa shape index (κ3) is 3.47. The highest BCUT2D eigenvalue weighted by atomic mass is 16.5. The highest BCUT2D eigenvalue weighted by Gasteiger charge is 2.25. The zero-order valence-corrected chi connectivity index (χ0v) is 11.5. The van der Waals surface area contributed by atoms with Gasteiger partial charge in [0.1, 0.15) is 11.9 Å². The van der Waals surface area contributed by atoms with Crippen molar-refractivity contribution in [3.05, 3.63) is 29.8 Å². The Hall–Kier alpha value is -1.55. The van der Waals surface area contributed by atoms with Crippen molar-refractivity contribution in [3.8, 4) is 5.75 Å². The van der Waals surface area contributed by atoms with Gasteiger partial charge < -0.3 is 14.8 Å². The fourth-order valence-corrected chi connectivity index (χ4v) is 2.31. The van der Waals surface area contributed by atoms with Crippen molar-refractivity contribution in [2.45, 2.75) is 38.3 Å². The molecule has 1 heterocycles. The molecule has 0 saturated carbocycles. The molecule has 1 aromatic rings. The van der Waals surface area contributed by atoms with E-state index in [0.717, 1.165) is 30.6 Å². The van der Waals surface area contributed by atoms with Gasteiger partial charge in [-0.05, 0) is 37.0 Å². The highest BCUT2D eigenvalue weighted by molar-refractivity contribution is 5.81. The van der Waals surface area contributed by atoms with Crippen molar-refractivity contribution >= 4 is 5.91 Å². The van der Waals surface area contributed by atoms with E-state index in [0.29, 0.717) is 6.61 Å². The third-order valence-corrected chi connectivity index (χ3v) is 3.47. The maximum Gasteiger partial charge on any atom is 0.249 e. The molecule has 1 aliphatic heterocycles. The molecule has 0 spiro atoms. The van der Waals surface area contributed by atoms with E-state index in [1.165, 1.54) is 0 Å². The van der Waals surface area contributed by atoms with E-state index in [1.807, 2.05) is 24.3 Å². The van der Waals surface area contributed by atoms with Gasteiger partial charge in [-0.15, -0.1) is 0 Å². The predicted octanol–water partition coefficient (Wildman–Crippen LogP) is 2.44. The molecule has 1 amide bonds. The summed E-state index contributed by atoms with van der Waals surface area (Å²) in [6.07, 6.45) is 2.37. The average molecular weight is 263 g/mol. The maximum atomic E-state index is 12.1. The number of benzene rings is 1. The Morgan fingerprint density at radius 2 is 2.21 bits per heavy atom. The van der Waals surface area contributed by atoms with Crippen LogP contribution in [0.4, 0.5) is 0 Å². The lowest BCUT2D eigenvalue weighted by Gasteiger charge is -2.20. The zero-order valence-electron chi connectivity index (χ0n) is 11.5. The first-order valence-electron chi connectivity index (χ1n) is 6.80. The van der Waals surface area contributed by atoms with Crippen LogP contribution in [0.25, 0.3) is 0 Å². The molecule has 2 unspecified atom stereocenters. The summed E-state index contributed by atoms with van der Waals surface area (Å²) in [7, 11) is 1.64. The van der Waals surface area contributed by atoms with Crippen LogP contribution in [-0.4, -0.2) is 25.7 Å². The van der Waals surface area contributed by atoms with Crippen LogP contribution in [0.2, 0.25) is 0 Å². The first kappa shape index (κ1) is 13.9. The van der Waals surface area contributed by atoms with E-state index >= 15 is 0 Å². The molecule has 2 atom stereocenters. The van der Waals surface area contributed by atoms with E-state index < -0.39 is 0 Å². The summed E-state index contributed by atoms with van der Waals surface area (Å²) in [6, 6.07) is 7.83.